The van der Waals surface area contributed by atoms with Gasteiger partial charge in [0.05, 0.1) is 28.4 Å². The van der Waals surface area contributed by atoms with E-state index in [1.165, 1.54) is 16.2 Å². The first-order valence-corrected chi connectivity index (χ1v) is 14.3. The summed E-state index contributed by atoms with van der Waals surface area (Å²) in [5, 5.41) is 11.9. The number of carbonyl (C=O) groups excluding carboxylic acids is 2. The van der Waals surface area contributed by atoms with Crippen LogP contribution in [0.4, 0.5) is 5.13 Å². The maximum atomic E-state index is 13.7. The van der Waals surface area contributed by atoms with Crippen molar-refractivity contribution in [3.63, 3.8) is 0 Å². The second-order valence-electron chi connectivity index (χ2n) is 11.0. The molecule has 9 heteroatoms. The van der Waals surface area contributed by atoms with E-state index in [-0.39, 0.29) is 16.7 Å². The van der Waals surface area contributed by atoms with Gasteiger partial charge in [-0.25, -0.2) is 4.98 Å². The fourth-order valence-electron chi connectivity index (χ4n) is 5.11. The quantitative estimate of drug-likeness (QED) is 0.169. The SMILES string of the molecule is CCOc1ccc2nc(N3C(=O)C(=O)C(=C(O)c4ccc5c(c4)OCCO5)[C@H]3c3ccc(C(C)(C)C)cc3)sc2c1. The molecular formula is C32H30N2O6S. The first-order chi connectivity index (χ1) is 19.7. The van der Waals surface area contributed by atoms with Gasteiger partial charge in [-0.1, -0.05) is 56.4 Å². The highest BCUT2D eigenvalue weighted by Crippen LogP contribution is 2.45. The van der Waals surface area contributed by atoms with Gasteiger partial charge in [0.1, 0.15) is 24.7 Å². The van der Waals surface area contributed by atoms with Gasteiger partial charge in [0.25, 0.3) is 5.78 Å². The average Bonchev–Trinajstić information content (AvgIpc) is 3.49. The highest BCUT2D eigenvalue weighted by molar-refractivity contribution is 7.22. The van der Waals surface area contributed by atoms with Gasteiger partial charge in [-0.05, 0) is 59.9 Å². The van der Waals surface area contributed by atoms with Crippen molar-refractivity contribution in [3.05, 3.63) is 82.9 Å². The molecule has 6 rings (SSSR count). The van der Waals surface area contributed by atoms with Crippen LogP contribution in [0.1, 0.15) is 50.4 Å². The number of hydrogen-bond acceptors (Lipinski definition) is 8. The lowest BCUT2D eigenvalue weighted by Crippen LogP contribution is -2.29. The molecule has 210 valence electrons. The first-order valence-electron chi connectivity index (χ1n) is 13.5. The Morgan fingerprint density at radius 2 is 1.76 bits per heavy atom. The lowest BCUT2D eigenvalue weighted by Gasteiger charge is -2.25. The number of ketones is 1. The van der Waals surface area contributed by atoms with Gasteiger partial charge in [0.2, 0.25) is 0 Å². The van der Waals surface area contributed by atoms with E-state index in [4.69, 9.17) is 19.2 Å². The number of ether oxygens (including phenoxy) is 3. The van der Waals surface area contributed by atoms with E-state index in [1.807, 2.05) is 49.4 Å². The highest BCUT2D eigenvalue weighted by Gasteiger charge is 2.48. The predicted octanol–water partition coefficient (Wildman–Crippen LogP) is 6.39. The molecule has 3 heterocycles. The van der Waals surface area contributed by atoms with Gasteiger partial charge >= 0.3 is 5.91 Å². The Bertz CT molecular complexity index is 1700. The lowest BCUT2D eigenvalue weighted by molar-refractivity contribution is -0.132. The molecule has 1 atom stereocenters. The number of aliphatic hydroxyl groups is 1. The smallest absolute Gasteiger partial charge is 0.301 e. The van der Waals surface area contributed by atoms with Crippen molar-refractivity contribution >= 4 is 44.1 Å². The number of Topliss-reactive ketones (excluding diaryl/α,β-unsaturated/α-hetero) is 1. The zero-order valence-corrected chi connectivity index (χ0v) is 24.1. The molecule has 8 nitrogen and oxygen atoms in total. The van der Waals surface area contributed by atoms with Crippen LogP contribution in [0.2, 0.25) is 0 Å². The van der Waals surface area contributed by atoms with Crippen molar-refractivity contribution in [2.45, 2.75) is 39.2 Å². The Kier molecular flexibility index (Phi) is 6.69. The third kappa shape index (κ3) is 4.80. The summed E-state index contributed by atoms with van der Waals surface area (Å²) in [6.45, 7) is 9.60. The Labute approximate surface area is 241 Å². The number of aromatic nitrogens is 1. The minimum Gasteiger partial charge on any atom is -0.507 e. The summed E-state index contributed by atoms with van der Waals surface area (Å²) in [7, 11) is 0. The van der Waals surface area contributed by atoms with Crippen molar-refractivity contribution in [1.29, 1.82) is 0 Å². The molecule has 2 aliphatic heterocycles. The summed E-state index contributed by atoms with van der Waals surface area (Å²) in [5.41, 5.74) is 2.73. The number of benzene rings is 3. The van der Waals surface area contributed by atoms with E-state index >= 15 is 0 Å². The molecule has 1 amide bonds. The summed E-state index contributed by atoms with van der Waals surface area (Å²) < 4.78 is 17.8. The molecule has 0 radical (unpaired) electrons. The maximum Gasteiger partial charge on any atom is 0.301 e. The monoisotopic (exact) mass is 570 g/mol. The van der Waals surface area contributed by atoms with Crippen LogP contribution in [0, 0.1) is 0 Å². The minimum atomic E-state index is -0.885. The molecule has 1 saturated heterocycles. The van der Waals surface area contributed by atoms with Gasteiger partial charge in [0, 0.05) is 5.56 Å². The third-order valence-corrected chi connectivity index (χ3v) is 8.24. The van der Waals surface area contributed by atoms with E-state index in [0.717, 1.165) is 10.3 Å². The third-order valence-electron chi connectivity index (χ3n) is 7.22. The van der Waals surface area contributed by atoms with Crippen molar-refractivity contribution in [3.8, 4) is 17.2 Å². The van der Waals surface area contributed by atoms with Crippen LogP contribution in [0.25, 0.3) is 16.0 Å². The van der Waals surface area contributed by atoms with Crippen molar-refractivity contribution in [2.24, 2.45) is 0 Å². The molecule has 1 fully saturated rings. The molecule has 0 saturated carbocycles. The zero-order chi connectivity index (χ0) is 28.9. The molecule has 2 aliphatic rings. The first kappa shape index (κ1) is 26.8. The summed E-state index contributed by atoms with van der Waals surface area (Å²) >= 11 is 1.30. The minimum absolute atomic E-state index is 0.00977. The van der Waals surface area contributed by atoms with Gasteiger partial charge in [-0.3, -0.25) is 14.5 Å². The van der Waals surface area contributed by atoms with E-state index < -0.39 is 17.7 Å². The maximum absolute atomic E-state index is 13.7. The van der Waals surface area contributed by atoms with Gasteiger partial charge in [-0.15, -0.1) is 0 Å². The van der Waals surface area contributed by atoms with Crippen molar-refractivity contribution in [2.75, 3.05) is 24.7 Å². The zero-order valence-electron chi connectivity index (χ0n) is 23.3. The molecule has 3 aromatic carbocycles. The van der Waals surface area contributed by atoms with E-state index in [1.54, 1.807) is 18.2 Å². The second kappa shape index (κ2) is 10.2. The van der Waals surface area contributed by atoms with Crippen molar-refractivity contribution in [1.82, 2.24) is 4.98 Å². The van der Waals surface area contributed by atoms with E-state index in [0.29, 0.717) is 58.8 Å². The summed E-state index contributed by atoms with van der Waals surface area (Å²) in [5.74, 6) is -0.0902. The summed E-state index contributed by atoms with van der Waals surface area (Å²) in [4.78, 5) is 33.4. The second-order valence-corrected chi connectivity index (χ2v) is 12.0. The fourth-order valence-corrected chi connectivity index (χ4v) is 6.13. The molecule has 0 aliphatic carbocycles. The van der Waals surface area contributed by atoms with Crippen LogP contribution >= 0.6 is 11.3 Å². The standard InChI is InChI=1S/C32H30N2O6S/c1-5-38-21-11-12-22-25(17-21)41-31(33-22)34-27(18-6-9-20(10-7-18)32(2,3)4)26(29(36)30(34)37)28(35)19-8-13-23-24(16-19)40-15-14-39-23/h6-13,16-17,27,35H,5,14-15H2,1-4H3/t27-/m1/s1. The summed E-state index contributed by atoms with van der Waals surface area (Å²) in [6.07, 6.45) is 0. The van der Waals surface area contributed by atoms with E-state index in [9.17, 15) is 14.7 Å². The molecule has 1 aromatic heterocycles. The largest absolute Gasteiger partial charge is 0.507 e. The lowest BCUT2D eigenvalue weighted by atomic mass is 9.85. The molecule has 0 unspecified atom stereocenters. The number of anilines is 1. The normalized spacial score (nSPS) is 18.2. The number of fused-ring (bicyclic) bond motifs is 2. The number of thiazole rings is 1. The number of hydrogen-bond donors (Lipinski definition) is 1. The predicted molar refractivity (Wildman–Crippen MR) is 158 cm³/mol. The molecule has 4 aromatic rings. The number of nitrogens with zero attached hydrogens (tertiary/aromatic N) is 2. The van der Waals surface area contributed by atoms with Crippen LogP contribution in [-0.4, -0.2) is 41.6 Å². The summed E-state index contributed by atoms with van der Waals surface area (Å²) in [6, 6.07) is 17.4. The molecule has 1 N–H and O–H groups in total. The van der Waals surface area contributed by atoms with Crippen LogP contribution in [-0.2, 0) is 15.0 Å². The van der Waals surface area contributed by atoms with Crippen LogP contribution in [0.3, 0.4) is 0 Å². The molecule has 0 spiro atoms. The van der Waals surface area contributed by atoms with Gasteiger partial charge in [-0.2, -0.15) is 0 Å². The van der Waals surface area contributed by atoms with Crippen LogP contribution in [0.15, 0.2) is 66.2 Å². The Morgan fingerprint density at radius 3 is 2.46 bits per heavy atom. The van der Waals surface area contributed by atoms with Crippen LogP contribution in [0.5, 0.6) is 17.2 Å². The number of amides is 1. The Hall–Kier alpha value is -4.37. The fraction of sp³-hybridized carbons (Fsp3) is 0.281. The topological polar surface area (TPSA) is 98.2 Å². The molecule has 0 bridgehead atoms. The number of carbonyl (C=O) groups is 2. The highest BCUT2D eigenvalue weighted by atomic mass is 32.1. The van der Waals surface area contributed by atoms with Gasteiger partial charge in [0.15, 0.2) is 16.6 Å². The van der Waals surface area contributed by atoms with Crippen LogP contribution < -0.4 is 19.1 Å². The van der Waals surface area contributed by atoms with E-state index in [2.05, 4.69) is 20.8 Å². The Balaban J connectivity index is 1.51. The van der Waals surface area contributed by atoms with Crippen molar-refractivity contribution < 1.29 is 28.9 Å². The average molecular weight is 571 g/mol. The number of rotatable bonds is 5. The van der Waals surface area contributed by atoms with Gasteiger partial charge < -0.3 is 19.3 Å². The number of aliphatic hydroxyl groups excluding tert-OH is 1. The Morgan fingerprint density at radius 1 is 1.02 bits per heavy atom. The molecule has 41 heavy (non-hydrogen) atoms. The molecular weight excluding hydrogens is 540 g/mol.